The Morgan fingerprint density at radius 3 is 2.72 bits per heavy atom. The summed E-state index contributed by atoms with van der Waals surface area (Å²) in [4.78, 5) is 2.19. The van der Waals surface area contributed by atoms with E-state index in [4.69, 9.17) is 0 Å². The average molecular weight is 269 g/mol. The normalized spacial score (nSPS) is 26.5. The Hall–Kier alpha value is -0.330. The molecule has 1 aliphatic heterocycles. The number of nitrogens with zero attached hydrogens (tertiary/aromatic N) is 1. The van der Waals surface area contributed by atoms with E-state index < -0.39 is 12.8 Å². The van der Waals surface area contributed by atoms with Crippen LogP contribution in [-0.2, 0) is 4.74 Å². The number of likely N-dealkylation sites (tertiary alicyclic amines) is 1. The summed E-state index contributed by atoms with van der Waals surface area (Å²) in [5.74, 6) is 0. The second kappa shape index (κ2) is 6.73. The van der Waals surface area contributed by atoms with E-state index in [9.17, 15) is 18.3 Å². The second-order valence-corrected chi connectivity index (χ2v) is 5.37. The zero-order valence-corrected chi connectivity index (χ0v) is 10.8. The molecule has 6 heteroatoms. The van der Waals surface area contributed by atoms with Crippen molar-refractivity contribution in [2.75, 3.05) is 39.5 Å². The lowest BCUT2D eigenvalue weighted by molar-refractivity contribution is -0.174. The number of aliphatic hydroxyl groups is 1. The van der Waals surface area contributed by atoms with Crippen LogP contribution in [0.25, 0.3) is 0 Å². The quantitative estimate of drug-likeness (QED) is 0.749. The first kappa shape index (κ1) is 15.7. The molecule has 0 aliphatic carbocycles. The molecule has 0 aromatic rings. The summed E-state index contributed by atoms with van der Waals surface area (Å²) in [5.41, 5.74) is -0.0644. The van der Waals surface area contributed by atoms with E-state index in [1.54, 1.807) is 0 Å². The number of alkyl halides is 3. The number of hydrogen-bond donors (Lipinski definition) is 1. The van der Waals surface area contributed by atoms with Gasteiger partial charge in [-0.25, -0.2) is 0 Å². The predicted octanol–water partition coefficient (Wildman–Crippen LogP) is 2.05. The van der Waals surface area contributed by atoms with Crippen molar-refractivity contribution in [2.24, 2.45) is 5.41 Å². The fourth-order valence-electron chi connectivity index (χ4n) is 2.33. The smallest absolute Gasteiger partial charge is 0.396 e. The molecule has 0 radical (unpaired) electrons. The van der Waals surface area contributed by atoms with E-state index in [1.807, 2.05) is 6.92 Å². The van der Waals surface area contributed by atoms with Crippen molar-refractivity contribution in [1.82, 2.24) is 4.90 Å². The molecular formula is C12H22F3NO2. The molecule has 1 N–H and O–H groups in total. The van der Waals surface area contributed by atoms with E-state index in [-0.39, 0.29) is 18.6 Å². The van der Waals surface area contributed by atoms with E-state index in [2.05, 4.69) is 9.64 Å². The lowest BCUT2D eigenvalue weighted by Crippen LogP contribution is -2.44. The van der Waals surface area contributed by atoms with Gasteiger partial charge in [0.1, 0.15) is 6.61 Å². The van der Waals surface area contributed by atoms with E-state index in [0.717, 1.165) is 32.5 Å². The number of ether oxygens (including phenoxy) is 1. The first-order valence-electron chi connectivity index (χ1n) is 6.32. The van der Waals surface area contributed by atoms with Gasteiger partial charge in [-0.1, -0.05) is 6.92 Å². The van der Waals surface area contributed by atoms with Gasteiger partial charge in [-0.2, -0.15) is 13.2 Å². The Labute approximate surface area is 106 Å². The van der Waals surface area contributed by atoms with Crippen molar-refractivity contribution in [2.45, 2.75) is 32.4 Å². The highest BCUT2D eigenvalue weighted by Gasteiger charge is 2.30. The van der Waals surface area contributed by atoms with Crippen molar-refractivity contribution in [3.05, 3.63) is 0 Å². The molecule has 0 aromatic heterocycles. The summed E-state index contributed by atoms with van der Waals surface area (Å²) >= 11 is 0. The summed E-state index contributed by atoms with van der Waals surface area (Å²) in [6.45, 7) is 3.66. The van der Waals surface area contributed by atoms with Gasteiger partial charge in [0.05, 0.1) is 0 Å². The SMILES string of the molecule is CC1(CO)CCCN(CCCOCC(F)(F)F)C1. The zero-order chi connectivity index (χ0) is 13.6. The molecular weight excluding hydrogens is 247 g/mol. The summed E-state index contributed by atoms with van der Waals surface area (Å²) in [6.07, 6.45) is -1.61. The monoisotopic (exact) mass is 269 g/mol. The molecule has 1 aliphatic rings. The maximum absolute atomic E-state index is 11.8. The number of hydrogen-bond acceptors (Lipinski definition) is 3. The van der Waals surface area contributed by atoms with Crippen LogP contribution in [0.5, 0.6) is 0 Å². The Balaban J connectivity index is 2.12. The third kappa shape index (κ3) is 6.02. The Morgan fingerprint density at radius 2 is 2.11 bits per heavy atom. The average Bonchev–Trinajstić information content (AvgIpc) is 2.27. The standard InChI is InChI=1S/C12H22F3NO2/c1-11(9-17)4-2-5-16(8-11)6-3-7-18-10-12(13,14)15/h17H,2-10H2,1H3. The molecule has 1 atom stereocenters. The Kier molecular flexibility index (Phi) is 5.88. The van der Waals surface area contributed by atoms with Crippen LogP contribution in [0.2, 0.25) is 0 Å². The molecule has 1 unspecified atom stereocenters. The van der Waals surface area contributed by atoms with Gasteiger partial charge < -0.3 is 14.7 Å². The highest BCUT2D eigenvalue weighted by atomic mass is 19.4. The minimum absolute atomic E-state index is 0.0644. The topological polar surface area (TPSA) is 32.7 Å². The van der Waals surface area contributed by atoms with Crippen LogP contribution in [0.4, 0.5) is 13.2 Å². The van der Waals surface area contributed by atoms with Crippen molar-refractivity contribution in [1.29, 1.82) is 0 Å². The fraction of sp³-hybridized carbons (Fsp3) is 1.00. The fourth-order valence-corrected chi connectivity index (χ4v) is 2.33. The van der Waals surface area contributed by atoms with Crippen LogP contribution in [0.3, 0.4) is 0 Å². The molecule has 108 valence electrons. The van der Waals surface area contributed by atoms with Crippen LogP contribution in [0.15, 0.2) is 0 Å². The summed E-state index contributed by atoms with van der Waals surface area (Å²) in [6, 6.07) is 0. The van der Waals surface area contributed by atoms with Gasteiger partial charge in [-0.3, -0.25) is 0 Å². The lowest BCUT2D eigenvalue weighted by atomic mass is 9.83. The minimum atomic E-state index is -4.24. The van der Waals surface area contributed by atoms with Gasteiger partial charge >= 0.3 is 6.18 Å². The predicted molar refractivity (Wildman–Crippen MR) is 62.4 cm³/mol. The van der Waals surface area contributed by atoms with Crippen LogP contribution in [0.1, 0.15) is 26.2 Å². The van der Waals surface area contributed by atoms with Gasteiger partial charge in [-0.15, -0.1) is 0 Å². The highest BCUT2D eigenvalue weighted by molar-refractivity contribution is 4.82. The van der Waals surface area contributed by atoms with E-state index >= 15 is 0 Å². The van der Waals surface area contributed by atoms with Gasteiger partial charge in [0.2, 0.25) is 0 Å². The van der Waals surface area contributed by atoms with Gasteiger partial charge in [0, 0.05) is 31.7 Å². The van der Waals surface area contributed by atoms with E-state index in [0.29, 0.717) is 6.42 Å². The van der Waals surface area contributed by atoms with Gasteiger partial charge in [0.25, 0.3) is 0 Å². The number of rotatable bonds is 6. The lowest BCUT2D eigenvalue weighted by Gasteiger charge is -2.39. The van der Waals surface area contributed by atoms with Crippen LogP contribution in [-0.4, -0.2) is 55.6 Å². The molecule has 1 saturated heterocycles. The molecule has 18 heavy (non-hydrogen) atoms. The number of aliphatic hydroxyl groups excluding tert-OH is 1. The Morgan fingerprint density at radius 1 is 1.39 bits per heavy atom. The molecule has 0 saturated carbocycles. The molecule has 1 heterocycles. The largest absolute Gasteiger partial charge is 0.411 e. The van der Waals surface area contributed by atoms with Crippen molar-refractivity contribution < 1.29 is 23.0 Å². The molecule has 1 fully saturated rings. The van der Waals surface area contributed by atoms with E-state index in [1.165, 1.54) is 0 Å². The minimum Gasteiger partial charge on any atom is -0.396 e. The zero-order valence-electron chi connectivity index (χ0n) is 10.8. The van der Waals surface area contributed by atoms with Crippen LogP contribution < -0.4 is 0 Å². The van der Waals surface area contributed by atoms with Crippen LogP contribution >= 0.6 is 0 Å². The second-order valence-electron chi connectivity index (χ2n) is 5.37. The number of piperidine rings is 1. The molecule has 1 rings (SSSR count). The summed E-state index contributed by atoms with van der Waals surface area (Å²) < 4.78 is 40.0. The molecule has 0 aromatic carbocycles. The third-order valence-corrected chi connectivity index (χ3v) is 3.27. The number of halogens is 3. The summed E-state index contributed by atoms with van der Waals surface area (Å²) in [5, 5.41) is 9.29. The van der Waals surface area contributed by atoms with Gasteiger partial charge in [0.15, 0.2) is 0 Å². The van der Waals surface area contributed by atoms with Crippen molar-refractivity contribution >= 4 is 0 Å². The molecule has 0 amide bonds. The maximum Gasteiger partial charge on any atom is 0.411 e. The van der Waals surface area contributed by atoms with Crippen LogP contribution in [0, 0.1) is 5.41 Å². The molecule has 0 spiro atoms. The Bertz CT molecular complexity index is 248. The molecule has 3 nitrogen and oxygen atoms in total. The molecule has 0 bridgehead atoms. The maximum atomic E-state index is 11.8. The third-order valence-electron chi connectivity index (χ3n) is 3.27. The van der Waals surface area contributed by atoms with Crippen molar-refractivity contribution in [3.8, 4) is 0 Å². The van der Waals surface area contributed by atoms with Crippen molar-refractivity contribution in [3.63, 3.8) is 0 Å². The first-order valence-corrected chi connectivity index (χ1v) is 6.32. The summed E-state index contributed by atoms with van der Waals surface area (Å²) in [7, 11) is 0. The highest BCUT2D eigenvalue weighted by Crippen LogP contribution is 2.28. The first-order chi connectivity index (χ1) is 8.35. The van der Waals surface area contributed by atoms with Gasteiger partial charge in [-0.05, 0) is 25.8 Å².